The van der Waals surface area contributed by atoms with Gasteiger partial charge in [0.1, 0.15) is 5.60 Å². The van der Waals surface area contributed by atoms with Crippen molar-refractivity contribution in [1.82, 2.24) is 14.9 Å². The number of ether oxygens (including phenoxy) is 1. The lowest BCUT2D eigenvalue weighted by molar-refractivity contribution is 0.0522. The fraction of sp³-hybridized carbons (Fsp3) is 0.625. The molecule has 1 unspecified atom stereocenters. The monoisotopic (exact) mass is 291 g/mol. The molecule has 21 heavy (non-hydrogen) atoms. The summed E-state index contributed by atoms with van der Waals surface area (Å²) < 4.78 is 7.36. The van der Waals surface area contributed by atoms with Crippen LogP contribution in [-0.2, 0) is 17.8 Å². The minimum Gasteiger partial charge on any atom is -0.444 e. The van der Waals surface area contributed by atoms with Crippen molar-refractivity contribution in [3.05, 3.63) is 30.4 Å². The highest BCUT2D eigenvalue weighted by Crippen LogP contribution is 2.20. The number of carbonyl (C=O) groups excluding carboxylic acids is 1. The van der Waals surface area contributed by atoms with Crippen LogP contribution in [0.5, 0.6) is 0 Å². The molecule has 1 aromatic rings. The molecule has 0 aromatic carbocycles. The Labute approximate surface area is 126 Å². The second-order valence-electron chi connectivity index (χ2n) is 6.54. The van der Waals surface area contributed by atoms with Crippen molar-refractivity contribution in [3.63, 3.8) is 0 Å². The van der Waals surface area contributed by atoms with Gasteiger partial charge < -0.3 is 14.6 Å². The van der Waals surface area contributed by atoms with E-state index in [9.17, 15) is 4.79 Å². The number of hydrogen-bond acceptors (Lipinski definition) is 3. The number of allylic oxidation sites excluding steroid dienone is 2. The van der Waals surface area contributed by atoms with Crippen LogP contribution in [0.4, 0.5) is 4.79 Å². The summed E-state index contributed by atoms with van der Waals surface area (Å²) in [6.07, 6.45) is 11.2. The van der Waals surface area contributed by atoms with E-state index in [0.29, 0.717) is 12.5 Å². The van der Waals surface area contributed by atoms with Crippen LogP contribution in [0.1, 0.15) is 45.7 Å². The molecule has 5 heteroatoms. The molecule has 2 rings (SSSR count). The van der Waals surface area contributed by atoms with Gasteiger partial charge in [-0.25, -0.2) is 9.78 Å². The van der Waals surface area contributed by atoms with E-state index in [1.165, 1.54) is 6.42 Å². The first-order valence-corrected chi connectivity index (χ1v) is 7.55. The van der Waals surface area contributed by atoms with Crippen molar-refractivity contribution in [3.8, 4) is 0 Å². The second-order valence-corrected chi connectivity index (χ2v) is 6.54. The average Bonchev–Trinajstić information content (AvgIpc) is 2.83. The van der Waals surface area contributed by atoms with Crippen LogP contribution in [0.15, 0.2) is 24.7 Å². The Morgan fingerprint density at radius 3 is 2.95 bits per heavy atom. The molecular formula is C16H25N3O2. The predicted octanol–water partition coefficient (Wildman–Crippen LogP) is 3.26. The van der Waals surface area contributed by atoms with Gasteiger partial charge in [-0.2, -0.15) is 0 Å². The third kappa shape index (κ3) is 5.25. The van der Waals surface area contributed by atoms with Gasteiger partial charge >= 0.3 is 6.09 Å². The van der Waals surface area contributed by atoms with Crippen LogP contribution in [-0.4, -0.2) is 21.2 Å². The van der Waals surface area contributed by atoms with Gasteiger partial charge in [0.05, 0.1) is 18.6 Å². The standard InChI is InChI=1S/C16H25N3O2/c1-16(2,3)21-15(20)18-10-14-9-17-12-19(14)11-13-7-5-4-6-8-13/h4-5,9,12-13H,6-8,10-11H2,1-3H3,(H,18,20). The second kappa shape index (κ2) is 6.78. The lowest BCUT2D eigenvalue weighted by Crippen LogP contribution is -2.32. The van der Waals surface area contributed by atoms with Gasteiger partial charge in [0, 0.05) is 12.7 Å². The largest absolute Gasteiger partial charge is 0.444 e. The number of alkyl carbamates (subject to hydrolysis) is 1. The van der Waals surface area contributed by atoms with E-state index in [2.05, 4.69) is 27.0 Å². The van der Waals surface area contributed by atoms with Crippen molar-refractivity contribution in [2.24, 2.45) is 5.92 Å². The van der Waals surface area contributed by atoms with E-state index in [1.54, 1.807) is 6.20 Å². The van der Waals surface area contributed by atoms with Crippen LogP contribution in [0.25, 0.3) is 0 Å². The van der Waals surface area contributed by atoms with E-state index in [4.69, 9.17) is 4.74 Å². The Morgan fingerprint density at radius 1 is 1.48 bits per heavy atom. The first-order valence-electron chi connectivity index (χ1n) is 7.55. The number of carbonyl (C=O) groups is 1. The van der Waals surface area contributed by atoms with E-state index in [0.717, 1.165) is 25.1 Å². The lowest BCUT2D eigenvalue weighted by atomic mass is 9.94. The van der Waals surface area contributed by atoms with Crippen molar-refractivity contribution in [2.75, 3.05) is 0 Å². The highest BCUT2D eigenvalue weighted by atomic mass is 16.6. The number of nitrogens with zero attached hydrogens (tertiary/aromatic N) is 2. The average molecular weight is 291 g/mol. The molecule has 5 nitrogen and oxygen atoms in total. The van der Waals surface area contributed by atoms with Crippen molar-refractivity contribution < 1.29 is 9.53 Å². The SMILES string of the molecule is CC(C)(C)OC(=O)NCc1cncn1CC1CC=CCC1. The Kier molecular flexibility index (Phi) is 5.04. The summed E-state index contributed by atoms with van der Waals surface area (Å²) in [7, 11) is 0. The molecule has 116 valence electrons. The van der Waals surface area contributed by atoms with Crippen LogP contribution in [0.3, 0.4) is 0 Å². The Hall–Kier alpha value is -1.78. The van der Waals surface area contributed by atoms with Crippen LogP contribution < -0.4 is 5.32 Å². The molecule has 1 amide bonds. The molecule has 0 bridgehead atoms. The molecule has 1 N–H and O–H groups in total. The fourth-order valence-corrected chi connectivity index (χ4v) is 2.44. The van der Waals surface area contributed by atoms with Crippen LogP contribution in [0.2, 0.25) is 0 Å². The Bertz CT molecular complexity index is 500. The minimum absolute atomic E-state index is 0.393. The summed E-state index contributed by atoms with van der Waals surface area (Å²) in [5, 5.41) is 2.78. The molecule has 1 atom stereocenters. The van der Waals surface area contributed by atoms with Crippen LogP contribution in [0, 0.1) is 5.92 Å². The van der Waals surface area contributed by atoms with Crippen molar-refractivity contribution >= 4 is 6.09 Å². The molecule has 1 aliphatic carbocycles. The summed E-state index contributed by atoms with van der Waals surface area (Å²) in [4.78, 5) is 15.9. The lowest BCUT2D eigenvalue weighted by Gasteiger charge is -2.21. The summed E-state index contributed by atoms with van der Waals surface area (Å²) in [6.45, 7) is 6.96. The highest BCUT2D eigenvalue weighted by molar-refractivity contribution is 5.67. The quantitative estimate of drug-likeness (QED) is 0.866. The van der Waals surface area contributed by atoms with E-state index in [-0.39, 0.29) is 0 Å². The number of nitrogens with one attached hydrogen (secondary N) is 1. The van der Waals surface area contributed by atoms with E-state index < -0.39 is 11.7 Å². The third-order valence-corrected chi connectivity index (χ3v) is 3.44. The minimum atomic E-state index is -0.473. The van der Waals surface area contributed by atoms with E-state index in [1.807, 2.05) is 27.1 Å². The van der Waals surface area contributed by atoms with E-state index >= 15 is 0 Å². The molecule has 1 heterocycles. The summed E-state index contributed by atoms with van der Waals surface area (Å²) in [5.41, 5.74) is 0.536. The third-order valence-electron chi connectivity index (χ3n) is 3.44. The van der Waals surface area contributed by atoms with Gasteiger partial charge in [0.15, 0.2) is 0 Å². The molecule has 0 fully saturated rings. The number of rotatable bonds is 4. The first kappa shape index (κ1) is 15.6. The molecule has 0 radical (unpaired) electrons. The van der Waals surface area contributed by atoms with Crippen molar-refractivity contribution in [2.45, 2.75) is 58.7 Å². The maximum Gasteiger partial charge on any atom is 0.407 e. The predicted molar refractivity (Wildman–Crippen MR) is 81.8 cm³/mol. The van der Waals surface area contributed by atoms with Gasteiger partial charge in [-0.1, -0.05) is 12.2 Å². The van der Waals surface area contributed by atoms with Gasteiger partial charge in [-0.15, -0.1) is 0 Å². The number of imidazole rings is 1. The molecule has 1 aliphatic rings. The summed E-state index contributed by atoms with van der Waals surface area (Å²) in [6, 6.07) is 0. The molecule has 1 aromatic heterocycles. The molecule has 0 saturated carbocycles. The van der Waals surface area contributed by atoms with Crippen LogP contribution >= 0.6 is 0 Å². The van der Waals surface area contributed by atoms with Gasteiger partial charge in [0.2, 0.25) is 0 Å². The smallest absolute Gasteiger partial charge is 0.407 e. The highest BCUT2D eigenvalue weighted by Gasteiger charge is 2.17. The zero-order valence-corrected chi connectivity index (χ0v) is 13.1. The Balaban J connectivity index is 1.85. The normalized spacial score (nSPS) is 18.5. The molecule has 0 spiro atoms. The van der Waals surface area contributed by atoms with Gasteiger partial charge in [0.25, 0.3) is 0 Å². The summed E-state index contributed by atoms with van der Waals surface area (Å²) in [5.74, 6) is 0.657. The summed E-state index contributed by atoms with van der Waals surface area (Å²) >= 11 is 0. The fourth-order valence-electron chi connectivity index (χ4n) is 2.44. The Morgan fingerprint density at radius 2 is 2.29 bits per heavy atom. The topological polar surface area (TPSA) is 56.1 Å². The molecule has 0 aliphatic heterocycles. The zero-order valence-electron chi connectivity index (χ0n) is 13.1. The maximum atomic E-state index is 11.7. The number of hydrogen-bond donors (Lipinski definition) is 1. The van der Waals surface area contributed by atoms with Gasteiger partial charge in [-0.05, 0) is 46.0 Å². The van der Waals surface area contributed by atoms with Gasteiger partial charge in [-0.3, -0.25) is 0 Å². The number of aromatic nitrogens is 2. The molecule has 0 saturated heterocycles. The van der Waals surface area contributed by atoms with Crippen molar-refractivity contribution in [1.29, 1.82) is 0 Å². The first-order chi connectivity index (χ1) is 9.94. The zero-order chi connectivity index (χ0) is 15.3. The maximum absolute atomic E-state index is 11.7. The molecular weight excluding hydrogens is 266 g/mol. The number of amides is 1.